The van der Waals surface area contributed by atoms with Crippen molar-refractivity contribution in [1.29, 1.82) is 0 Å². The molecule has 1 unspecified atom stereocenters. The molecule has 1 aliphatic heterocycles. The van der Waals surface area contributed by atoms with Crippen LogP contribution in [0.15, 0.2) is 28.8 Å². The van der Waals surface area contributed by atoms with Gasteiger partial charge < -0.3 is 9.42 Å². The van der Waals surface area contributed by atoms with Gasteiger partial charge in [0.1, 0.15) is 5.76 Å². The van der Waals surface area contributed by atoms with Crippen molar-refractivity contribution in [3.63, 3.8) is 0 Å². The monoisotopic (exact) mass is 306 g/mol. The summed E-state index contributed by atoms with van der Waals surface area (Å²) in [5.41, 5.74) is 1.21. The highest BCUT2D eigenvalue weighted by molar-refractivity contribution is 5.79. The van der Waals surface area contributed by atoms with Gasteiger partial charge in [-0.3, -0.25) is 4.79 Å². The first kappa shape index (κ1) is 14.7. The molecule has 0 bridgehead atoms. The Balaban J connectivity index is 1.77. The Morgan fingerprint density at radius 1 is 1.36 bits per heavy atom. The molecule has 0 spiro atoms. The maximum absolute atomic E-state index is 13.4. The van der Waals surface area contributed by atoms with E-state index >= 15 is 0 Å². The van der Waals surface area contributed by atoms with Gasteiger partial charge in [0.15, 0.2) is 11.6 Å². The van der Waals surface area contributed by atoms with E-state index in [1.54, 1.807) is 17.9 Å². The SMILES string of the molecule is Cc1cc(CC(=O)N2CCCC2c2ccc(F)c(F)c2)no1. The molecule has 0 N–H and O–H groups in total. The summed E-state index contributed by atoms with van der Waals surface area (Å²) >= 11 is 0. The number of carbonyl (C=O) groups is 1. The molecule has 0 radical (unpaired) electrons. The zero-order chi connectivity index (χ0) is 15.7. The van der Waals surface area contributed by atoms with Gasteiger partial charge >= 0.3 is 0 Å². The van der Waals surface area contributed by atoms with E-state index in [9.17, 15) is 13.6 Å². The van der Waals surface area contributed by atoms with Crippen LogP contribution >= 0.6 is 0 Å². The van der Waals surface area contributed by atoms with Crippen molar-refractivity contribution in [3.05, 3.63) is 52.9 Å². The van der Waals surface area contributed by atoms with Crippen LogP contribution in [0, 0.1) is 18.6 Å². The lowest BCUT2D eigenvalue weighted by molar-refractivity contribution is -0.131. The minimum atomic E-state index is -0.885. The lowest BCUT2D eigenvalue weighted by atomic mass is 10.0. The number of aromatic nitrogens is 1. The van der Waals surface area contributed by atoms with Gasteiger partial charge in [0.2, 0.25) is 5.91 Å². The molecule has 2 aromatic rings. The third kappa shape index (κ3) is 2.86. The molecule has 1 aliphatic rings. The van der Waals surface area contributed by atoms with Crippen molar-refractivity contribution >= 4 is 5.91 Å². The minimum Gasteiger partial charge on any atom is -0.361 e. The first-order chi connectivity index (χ1) is 10.5. The van der Waals surface area contributed by atoms with Crippen LogP contribution < -0.4 is 0 Å². The van der Waals surface area contributed by atoms with Gasteiger partial charge in [-0.05, 0) is 37.5 Å². The molecule has 22 heavy (non-hydrogen) atoms. The van der Waals surface area contributed by atoms with Crippen molar-refractivity contribution in [2.75, 3.05) is 6.54 Å². The number of carbonyl (C=O) groups excluding carboxylic acids is 1. The van der Waals surface area contributed by atoms with Crippen molar-refractivity contribution in [2.45, 2.75) is 32.2 Å². The number of hydrogen-bond acceptors (Lipinski definition) is 3. The summed E-state index contributed by atoms with van der Waals surface area (Å²) in [6.07, 6.45) is 1.74. The summed E-state index contributed by atoms with van der Waals surface area (Å²) in [4.78, 5) is 14.1. The Morgan fingerprint density at radius 2 is 2.18 bits per heavy atom. The Hall–Kier alpha value is -2.24. The van der Waals surface area contributed by atoms with Crippen LogP contribution in [0.1, 0.15) is 35.9 Å². The van der Waals surface area contributed by atoms with Crippen LogP contribution in [-0.4, -0.2) is 22.5 Å². The summed E-state index contributed by atoms with van der Waals surface area (Å²) in [7, 11) is 0. The number of halogens is 2. The molecule has 6 heteroatoms. The first-order valence-corrected chi connectivity index (χ1v) is 7.21. The number of amides is 1. The number of nitrogens with zero attached hydrogens (tertiary/aromatic N) is 2. The fourth-order valence-corrected chi connectivity index (χ4v) is 2.89. The van der Waals surface area contributed by atoms with Crippen LogP contribution in [0.4, 0.5) is 8.78 Å². The number of hydrogen-bond donors (Lipinski definition) is 0. The van der Waals surface area contributed by atoms with Crippen molar-refractivity contribution < 1.29 is 18.1 Å². The van der Waals surface area contributed by atoms with Crippen LogP contribution in [0.25, 0.3) is 0 Å². The van der Waals surface area contributed by atoms with E-state index in [0.717, 1.165) is 18.9 Å². The lowest BCUT2D eigenvalue weighted by Gasteiger charge is -2.25. The maximum atomic E-state index is 13.4. The molecular weight excluding hydrogens is 290 g/mol. The molecule has 1 amide bonds. The van der Waals surface area contributed by atoms with E-state index in [-0.39, 0.29) is 18.4 Å². The van der Waals surface area contributed by atoms with E-state index in [4.69, 9.17) is 4.52 Å². The smallest absolute Gasteiger partial charge is 0.229 e. The van der Waals surface area contributed by atoms with Crippen molar-refractivity contribution in [2.24, 2.45) is 0 Å². The number of benzene rings is 1. The molecule has 4 nitrogen and oxygen atoms in total. The van der Waals surface area contributed by atoms with Gasteiger partial charge in [-0.2, -0.15) is 0 Å². The lowest BCUT2D eigenvalue weighted by Crippen LogP contribution is -2.32. The van der Waals surface area contributed by atoms with E-state index in [0.29, 0.717) is 23.6 Å². The summed E-state index contributed by atoms with van der Waals surface area (Å²) in [5, 5.41) is 3.82. The third-order valence-corrected chi connectivity index (χ3v) is 3.91. The second kappa shape index (κ2) is 5.87. The molecular formula is C16H16F2N2O2. The van der Waals surface area contributed by atoms with Gasteiger partial charge in [-0.25, -0.2) is 8.78 Å². The second-order valence-electron chi connectivity index (χ2n) is 5.52. The highest BCUT2D eigenvalue weighted by Crippen LogP contribution is 2.33. The van der Waals surface area contributed by atoms with Crippen molar-refractivity contribution in [3.8, 4) is 0 Å². The normalized spacial score (nSPS) is 18.0. The Labute approximate surface area is 126 Å². The average Bonchev–Trinajstić information content (AvgIpc) is 3.11. The molecule has 1 aromatic heterocycles. The average molecular weight is 306 g/mol. The van der Waals surface area contributed by atoms with E-state index in [1.165, 1.54) is 12.1 Å². The first-order valence-electron chi connectivity index (χ1n) is 7.21. The fraction of sp³-hybridized carbons (Fsp3) is 0.375. The predicted octanol–water partition coefficient (Wildman–Crippen LogP) is 3.17. The molecule has 116 valence electrons. The quantitative estimate of drug-likeness (QED) is 0.875. The van der Waals surface area contributed by atoms with Crippen LogP contribution in [0.3, 0.4) is 0 Å². The minimum absolute atomic E-state index is 0.0828. The molecule has 2 heterocycles. The second-order valence-corrected chi connectivity index (χ2v) is 5.52. The van der Waals surface area contributed by atoms with Crippen LogP contribution in [0.5, 0.6) is 0 Å². The summed E-state index contributed by atoms with van der Waals surface area (Å²) in [6.45, 7) is 2.38. The molecule has 3 rings (SSSR count). The van der Waals surface area contributed by atoms with Gasteiger partial charge in [-0.15, -0.1) is 0 Å². The molecule has 1 fully saturated rings. The molecule has 1 atom stereocenters. The highest BCUT2D eigenvalue weighted by atomic mass is 19.2. The maximum Gasteiger partial charge on any atom is 0.229 e. The van der Waals surface area contributed by atoms with E-state index in [1.807, 2.05) is 0 Å². The Bertz CT molecular complexity index is 699. The Morgan fingerprint density at radius 3 is 2.86 bits per heavy atom. The number of aryl methyl sites for hydroxylation is 1. The number of rotatable bonds is 3. The van der Waals surface area contributed by atoms with Gasteiger partial charge in [-0.1, -0.05) is 11.2 Å². The van der Waals surface area contributed by atoms with Crippen LogP contribution in [-0.2, 0) is 11.2 Å². The molecule has 0 aliphatic carbocycles. The van der Waals surface area contributed by atoms with Gasteiger partial charge in [0.05, 0.1) is 18.2 Å². The summed E-state index contributed by atoms with van der Waals surface area (Å²) < 4.78 is 31.4. The zero-order valence-electron chi connectivity index (χ0n) is 12.2. The summed E-state index contributed by atoms with van der Waals surface area (Å²) in [5.74, 6) is -1.19. The molecule has 0 saturated carbocycles. The topological polar surface area (TPSA) is 46.3 Å². The van der Waals surface area contributed by atoms with Crippen molar-refractivity contribution in [1.82, 2.24) is 10.1 Å². The highest BCUT2D eigenvalue weighted by Gasteiger charge is 2.30. The third-order valence-electron chi connectivity index (χ3n) is 3.91. The molecule has 1 saturated heterocycles. The largest absolute Gasteiger partial charge is 0.361 e. The van der Waals surface area contributed by atoms with E-state index in [2.05, 4.69) is 5.16 Å². The predicted molar refractivity (Wildman–Crippen MR) is 75.0 cm³/mol. The fourth-order valence-electron chi connectivity index (χ4n) is 2.89. The summed E-state index contributed by atoms with van der Waals surface area (Å²) in [6, 6.07) is 5.32. The van der Waals surface area contributed by atoms with Gasteiger partial charge in [0.25, 0.3) is 0 Å². The Kier molecular flexibility index (Phi) is 3.92. The zero-order valence-corrected chi connectivity index (χ0v) is 12.2. The molecule has 1 aromatic carbocycles. The standard InChI is InChI=1S/C16H16F2N2O2/c1-10-7-12(19-22-10)9-16(21)20-6-2-3-15(20)11-4-5-13(17)14(18)8-11/h4-5,7-8,15H,2-3,6,9H2,1H3. The number of likely N-dealkylation sites (tertiary alicyclic amines) is 1. The van der Waals surface area contributed by atoms with Gasteiger partial charge in [0, 0.05) is 12.6 Å². The van der Waals surface area contributed by atoms with Crippen LogP contribution in [0.2, 0.25) is 0 Å². The van der Waals surface area contributed by atoms with E-state index < -0.39 is 11.6 Å².